The summed E-state index contributed by atoms with van der Waals surface area (Å²) in [5.41, 5.74) is 3.15. The van der Waals surface area contributed by atoms with Gasteiger partial charge in [-0.15, -0.1) is 0 Å². The molecule has 2 aromatic rings. The van der Waals surface area contributed by atoms with Gasteiger partial charge in [-0.2, -0.15) is 0 Å². The van der Waals surface area contributed by atoms with E-state index in [4.69, 9.17) is 0 Å². The first-order valence-corrected chi connectivity index (χ1v) is 5.81. The highest BCUT2D eigenvalue weighted by Gasteiger charge is 2.08. The van der Waals surface area contributed by atoms with Crippen LogP contribution in [0.4, 0.5) is 0 Å². The lowest BCUT2D eigenvalue weighted by atomic mass is 10.0. The first-order valence-electron chi connectivity index (χ1n) is 5.81. The summed E-state index contributed by atoms with van der Waals surface area (Å²) in [6, 6.07) is 17.5. The minimum atomic E-state index is -0.340. The highest BCUT2D eigenvalue weighted by atomic mass is 16.3. The van der Waals surface area contributed by atoms with Crippen LogP contribution in [0.3, 0.4) is 0 Å². The number of carbonyl (C=O) groups excluding carboxylic acids is 1. The van der Waals surface area contributed by atoms with Crippen molar-refractivity contribution in [1.82, 2.24) is 5.32 Å². The molecule has 1 unspecified atom stereocenters. The maximum Gasteiger partial charge on any atom is 0.207 e. The summed E-state index contributed by atoms with van der Waals surface area (Å²) in [7, 11) is 0. The molecule has 1 atom stereocenters. The summed E-state index contributed by atoms with van der Waals surface area (Å²) in [5.74, 6) is 0. The maximum absolute atomic E-state index is 10.4. The zero-order valence-corrected chi connectivity index (χ0v) is 9.91. The molecule has 3 nitrogen and oxygen atoms in total. The monoisotopic (exact) mass is 241 g/mol. The minimum Gasteiger partial charge on any atom is -0.394 e. The molecule has 92 valence electrons. The van der Waals surface area contributed by atoms with E-state index in [1.165, 1.54) is 0 Å². The van der Waals surface area contributed by atoms with Gasteiger partial charge in [-0.3, -0.25) is 4.79 Å². The van der Waals surface area contributed by atoms with Crippen LogP contribution in [0.5, 0.6) is 0 Å². The molecule has 0 saturated carbocycles. The summed E-state index contributed by atoms with van der Waals surface area (Å²) in [5, 5.41) is 11.8. The third-order valence-corrected chi connectivity index (χ3v) is 2.87. The summed E-state index contributed by atoms with van der Waals surface area (Å²) < 4.78 is 0. The molecule has 2 N–H and O–H groups in total. The van der Waals surface area contributed by atoms with Crippen molar-refractivity contribution in [3.63, 3.8) is 0 Å². The Balaban J connectivity index is 2.22. The Bertz CT molecular complexity index is 494. The van der Waals surface area contributed by atoms with E-state index in [0.717, 1.165) is 16.7 Å². The summed E-state index contributed by atoms with van der Waals surface area (Å²) in [4.78, 5) is 10.4. The highest BCUT2D eigenvalue weighted by Crippen LogP contribution is 2.21. The molecule has 0 heterocycles. The number of nitrogens with one attached hydrogen (secondary N) is 1. The van der Waals surface area contributed by atoms with Gasteiger partial charge in [0.25, 0.3) is 0 Å². The number of hydrogen-bond acceptors (Lipinski definition) is 2. The van der Waals surface area contributed by atoms with Gasteiger partial charge in [0.1, 0.15) is 0 Å². The average Bonchev–Trinajstić information content (AvgIpc) is 2.46. The van der Waals surface area contributed by atoms with E-state index < -0.39 is 0 Å². The second-order valence-corrected chi connectivity index (χ2v) is 4.01. The van der Waals surface area contributed by atoms with Crippen LogP contribution in [0.1, 0.15) is 11.6 Å². The molecule has 0 saturated heterocycles. The van der Waals surface area contributed by atoms with Crippen LogP contribution in [-0.2, 0) is 4.79 Å². The molecule has 0 radical (unpaired) electrons. The van der Waals surface area contributed by atoms with Crippen molar-refractivity contribution in [2.24, 2.45) is 0 Å². The lowest BCUT2D eigenvalue weighted by Crippen LogP contribution is -2.22. The quantitative estimate of drug-likeness (QED) is 0.788. The van der Waals surface area contributed by atoms with Crippen LogP contribution in [0.15, 0.2) is 54.6 Å². The van der Waals surface area contributed by atoms with Gasteiger partial charge in [0.2, 0.25) is 6.41 Å². The third kappa shape index (κ3) is 2.76. The third-order valence-electron chi connectivity index (χ3n) is 2.87. The van der Waals surface area contributed by atoms with E-state index in [-0.39, 0.29) is 12.6 Å². The molecule has 0 aliphatic carbocycles. The van der Waals surface area contributed by atoms with Gasteiger partial charge in [-0.05, 0) is 16.7 Å². The Kier molecular flexibility index (Phi) is 4.10. The van der Waals surface area contributed by atoms with E-state index in [2.05, 4.69) is 5.32 Å². The molecule has 0 bridgehead atoms. The molecule has 1 amide bonds. The molecule has 0 aliphatic rings. The Morgan fingerprint density at radius 1 is 1.00 bits per heavy atom. The van der Waals surface area contributed by atoms with Gasteiger partial charge in [0, 0.05) is 0 Å². The zero-order valence-electron chi connectivity index (χ0n) is 9.91. The Morgan fingerprint density at radius 3 is 2.17 bits per heavy atom. The predicted octanol–water partition coefficient (Wildman–Crippen LogP) is 2.13. The van der Waals surface area contributed by atoms with Crippen LogP contribution in [0.2, 0.25) is 0 Å². The Labute approximate surface area is 106 Å². The number of hydrogen-bond donors (Lipinski definition) is 2. The lowest BCUT2D eigenvalue weighted by Gasteiger charge is -2.13. The maximum atomic E-state index is 10.4. The zero-order chi connectivity index (χ0) is 12.8. The molecule has 2 rings (SSSR count). The number of carbonyl (C=O) groups is 1. The van der Waals surface area contributed by atoms with Gasteiger partial charge in [-0.1, -0.05) is 54.6 Å². The summed E-state index contributed by atoms with van der Waals surface area (Å²) >= 11 is 0. The number of amides is 1. The van der Waals surface area contributed by atoms with Gasteiger partial charge >= 0.3 is 0 Å². The predicted molar refractivity (Wildman–Crippen MR) is 70.9 cm³/mol. The largest absolute Gasteiger partial charge is 0.394 e. The van der Waals surface area contributed by atoms with Crippen LogP contribution in [0.25, 0.3) is 11.1 Å². The standard InChI is InChI=1S/C15H15NO2/c17-10-15(16-11-18)14-8-6-13(7-9-14)12-4-2-1-3-5-12/h1-9,11,15,17H,10H2,(H,16,18). The highest BCUT2D eigenvalue weighted by molar-refractivity contribution is 5.63. The first kappa shape index (κ1) is 12.3. The number of benzene rings is 2. The molecule has 0 aliphatic heterocycles. The summed E-state index contributed by atoms with van der Waals surface area (Å²) in [6.45, 7) is -0.108. The van der Waals surface area contributed by atoms with E-state index >= 15 is 0 Å². The minimum absolute atomic E-state index is 0.108. The van der Waals surface area contributed by atoms with Crippen molar-refractivity contribution >= 4 is 6.41 Å². The van der Waals surface area contributed by atoms with Crippen molar-refractivity contribution in [3.05, 3.63) is 60.2 Å². The molecule has 18 heavy (non-hydrogen) atoms. The van der Waals surface area contributed by atoms with Crippen LogP contribution < -0.4 is 5.32 Å². The fraction of sp³-hybridized carbons (Fsp3) is 0.133. The van der Waals surface area contributed by atoms with E-state index in [1.807, 2.05) is 54.6 Å². The van der Waals surface area contributed by atoms with Gasteiger partial charge in [0.15, 0.2) is 0 Å². The fourth-order valence-electron chi connectivity index (χ4n) is 1.87. The summed E-state index contributed by atoms with van der Waals surface area (Å²) in [6.07, 6.45) is 0.603. The topological polar surface area (TPSA) is 49.3 Å². The molecule has 0 aromatic heterocycles. The average molecular weight is 241 g/mol. The van der Waals surface area contributed by atoms with Crippen molar-refractivity contribution in [2.45, 2.75) is 6.04 Å². The Hall–Kier alpha value is -2.13. The SMILES string of the molecule is O=CNC(CO)c1ccc(-c2ccccc2)cc1. The van der Waals surface area contributed by atoms with Crippen molar-refractivity contribution in [1.29, 1.82) is 0 Å². The smallest absolute Gasteiger partial charge is 0.207 e. The van der Waals surface area contributed by atoms with Gasteiger partial charge in [0.05, 0.1) is 12.6 Å². The van der Waals surface area contributed by atoms with Crippen molar-refractivity contribution in [2.75, 3.05) is 6.61 Å². The van der Waals surface area contributed by atoms with Crippen LogP contribution in [0, 0.1) is 0 Å². The van der Waals surface area contributed by atoms with E-state index in [9.17, 15) is 9.90 Å². The van der Waals surface area contributed by atoms with E-state index in [1.54, 1.807) is 0 Å². The van der Waals surface area contributed by atoms with Gasteiger partial charge in [-0.25, -0.2) is 0 Å². The molecular weight excluding hydrogens is 226 g/mol. The van der Waals surface area contributed by atoms with Crippen molar-refractivity contribution in [3.8, 4) is 11.1 Å². The Morgan fingerprint density at radius 2 is 1.61 bits per heavy atom. The fourth-order valence-corrected chi connectivity index (χ4v) is 1.87. The molecule has 0 fully saturated rings. The van der Waals surface area contributed by atoms with E-state index in [0.29, 0.717) is 6.41 Å². The number of rotatable bonds is 5. The molecular formula is C15H15NO2. The van der Waals surface area contributed by atoms with Crippen LogP contribution >= 0.6 is 0 Å². The molecule has 2 aromatic carbocycles. The molecule has 0 spiro atoms. The van der Waals surface area contributed by atoms with Crippen molar-refractivity contribution < 1.29 is 9.90 Å². The van der Waals surface area contributed by atoms with Gasteiger partial charge < -0.3 is 10.4 Å². The first-order chi connectivity index (χ1) is 8.85. The lowest BCUT2D eigenvalue weighted by molar-refractivity contribution is -0.110. The second kappa shape index (κ2) is 5.98. The number of aliphatic hydroxyl groups is 1. The number of aliphatic hydroxyl groups excluding tert-OH is 1. The second-order valence-electron chi connectivity index (χ2n) is 4.01. The normalized spacial score (nSPS) is 11.8. The molecule has 3 heteroatoms. The van der Waals surface area contributed by atoms with Crippen LogP contribution in [-0.4, -0.2) is 18.1 Å².